The molecule has 2 aliphatic heterocycles. The number of methoxy groups -OCH3 is 1. The Morgan fingerprint density at radius 1 is 1.06 bits per heavy atom. The number of carbonyl (C=O) groups excluding carboxylic acids is 1. The highest BCUT2D eigenvalue weighted by Gasteiger charge is 2.53. The van der Waals surface area contributed by atoms with Gasteiger partial charge >= 0.3 is 0 Å². The van der Waals surface area contributed by atoms with Crippen LogP contribution in [0.5, 0.6) is 5.75 Å². The summed E-state index contributed by atoms with van der Waals surface area (Å²) in [4.78, 5) is 18.0. The van der Waals surface area contributed by atoms with E-state index in [1.165, 1.54) is 12.0 Å². The Kier molecular flexibility index (Phi) is 5.72. The fraction of sp³-hybridized carbons (Fsp3) is 0.500. The number of carbonyl (C=O) groups is 1. The van der Waals surface area contributed by atoms with Crippen LogP contribution in [-0.4, -0.2) is 48.3 Å². The van der Waals surface area contributed by atoms with Gasteiger partial charge in [0.25, 0.3) is 0 Å². The van der Waals surface area contributed by atoms with Crippen LogP contribution in [0.2, 0.25) is 0 Å². The standard InChI is InChI=1S/C26H32N2O3/c1-31-24-14-8-5-11-19(24)15-27-22-16-28(26(30)18-9-3-2-4-10-18)21-13-7-6-12-20(21)25(22)23(27)17-29/h5-8,11-14,18,22-23,25,29H,2-4,9-10,15-17H2,1H3/t22-,23+,25+/m1/s1. The van der Waals surface area contributed by atoms with E-state index in [0.29, 0.717) is 13.1 Å². The molecule has 31 heavy (non-hydrogen) atoms. The SMILES string of the molecule is COc1ccccc1CN1[C@@H]2CN(C(=O)C3CCCCC3)c3ccccc3[C@@H]2[C@@H]1CO. The van der Waals surface area contributed by atoms with Gasteiger partial charge < -0.3 is 14.7 Å². The lowest BCUT2D eigenvalue weighted by Gasteiger charge is -2.59. The minimum Gasteiger partial charge on any atom is -0.496 e. The molecule has 0 unspecified atom stereocenters. The summed E-state index contributed by atoms with van der Waals surface area (Å²) in [5.41, 5.74) is 3.37. The van der Waals surface area contributed by atoms with E-state index < -0.39 is 0 Å². The van der Waals surface area contributed by atoms with Crippen LogP contribution in [0.3, 0.4) is 0 Å². The van der Waals surface area contributed by atoms with Crippen LogP contribution in [-0.2, 0) is 11.3 Å². The molecule has 5 nitrogen and oxygen atoms in total. The van der Waals surface area contributed by atoms with Crippen molar-refractivity contribution in [2.75, 3.05) is 25.2 Å². The number of hydrogen-bond donors (Lipinski definition) is 1. The zero-order valence-electron chi connectivity index (χ0n) is 18.2. The van der Waals surface area contributed by atoms with Crippen LogP contribution in [0.15, 0.2) is 48.5 Å². The summed E-state index contributed by atoms with van der Waals surface area (Å²) in [6, 6.07) is 16.7. The first-order valence-corrected chi connectivity index (χ1v) is 11.6. The largest absolute Gasteiger partial charge is 0.496 e. The molecule has 0 aromatic heterocycles. The molecule has 2 fully saturated rings. The van der Waals surface area contributed by atoms with Crippen LogP contribution < -0.4 is 9.64 Å². The van der Waals surface area contributed by atoms with E-state index >= 15 is 0 Å². The minimum absolute atomic E-state index is 0.0583. The van der Waals surface area contributed by atoms with Gasteiger partial charge in [0.15, 0.2) is 0 Å². The third-order valence-corrected chi connectivity index (χ3v) is 7.59. The summed E-state index contributed by atoms with van der Waals surface area (Å²) in [5, 5.41) is 10.3. The molecule has 1 N–H and O–H groups in total. The normalized spacial score (nSPS) is 26.0. The first kappa shape index (κ1) is 20.5. The molecule has 3 aliphatic rings. The molecule has 5 heteroatoms. The lowest BCUT2D eigenvalue weighted by atomic mass is 9.71. The number of ether oxygens (including phenoxy) is 1. The topological polar surface area (TPSA) is 53.0 Å². The van der Waals surface area contributed by atoms with Crippen LogP contribution in [0.1, 0.15) is 49.1 Å². The van der Waals surface area contributed by atoms with Crippen molar-refractivity contribution in [2.24, 2.45) is 5.92 Å². The third kappa shape index (κ3) is 3.54. The second-order valence-corrected chi connectivity index (χ2v) is 9.17. The highest BCUT2D eigenvalue weighted by molar-refractivity contribution is 5.96. The number of anilines is 1. The number of hydrogen-bond acceptors (Lipinski definition) is 4. The molecule has 3 atom stereocenters. The van der Waals surface area contributed by atoms with E-state index in [1.54, 1.807) is 7.11 Å². The number of aliphatic hydroxyl groups excluding tert-OH is 1. The highest BCUT2D eigenvalue weighted by atomic mass is 16.5. The van der Waals surface area contributed by atoms with Gasteiger partial charge in [0.05, 0.1) is 13.7 Å². The van der Waals surface area contributed by atoms with E-state index in [9.17, 15) is 9.90 Å². The zero-order valence-corrected chi connectivity index (χ0v) is 18.2. The first-order chi connectivity index (χ1) is 15.2. The monoisotopic (exact) mass is 420 g/mol. The molecule has 164 valence electrons. The van der Waals surface area contributed by atoms with Crippen molar-refractivity contribution in [1.29, 1.82) is 0 Å². The molecular weight excluding hydrogens is 388 g/mol. The average molecular weight is 421 g/mol. The highest BCUT2D eigenvalue weighted by Crippen LogP contribution is 2.49. The van der Waals surface area contributed by atoms with Crippen molar-refractivity contribution >= 4 is 11.6 Å². The maximum atomic E-state index is 13.5. The summed E-state index contributed by atoms with van der Waals surface area (Å²) in [7, 11) is 1.70. The predicted octanol–water partition coefficient (Wildman–Crippen LogP) is 3.95. The number of aliphatic hydroxyl groups is 1. The second-order valence-electron chi connectivity index (χ2n) is 9.17. The summed E-state index contributed by atoms with van der Waals surface area (Å²) >= 11 is 0. The van der Waals surface area contributed by atoms with Crippen molar-refractivity contribution in [3.05, 3.63) is 59.7 Å². The molecule has 2 aromatic rings. The van der Waals surface area contributed by atoms with Gasteiger partial charge in [-0.1, -0.05) is 55.7 Å². The summed E-state index contributed by atoms with van der Waals surface area (Å²) in [6.07, 6.45) is 5.58. The molecule has 1 saturated carbocycles. The van der Waals surface area contributed by atoms with Crippen LogP contribution in [0.4, 0.5) is 5.69 Å². The number of rotatable bonds is 5. The summed E-state index contributed by atoms with van der Waals surface area (Å²) in [5.74, 6) is 1.56. The molecule has 1 aliphatic carbocycles. The van der Waals surface area contributed by atoms with Crippen LogP contribution in [0.25, 0.3) is 0 Å². The van der Waals surface area contributed by atoms with Gasteiger partial charge in [-0.25, -0.2) is 0 Å². The molecule has 2 aromatic carbocycles. The Labute approximate surface area is 184 Å². The van der Waals surface area contributed by atoms with E-state index in [1.807, 2.05) is 24.3 Å². The van der Waals surface area contributed by atoms with Crippen LogP contribution in [0, 0.1) is 5.92 Å². The average Bonchev–Trinajstić information content (AvgIpc) is 2.83. The van der Waals surface area contributed by atoms with Crippen molar-refractivity contribution in [3.63, 3.8) is 0 Å². The molecular formula is C26H32N2O3. The molecule has 1 amide bonds. The maximum Gasteiger partial charge on any atom is 0.230 e. The number of fused-ring (bicyclic) bond motifs is 3. The summed E-state index contributed by atoms with van der Waals surface area (Å²) in [6.45, 7) is 1.52. The Morgan fingerprint density at radius 2 is 1.81 bits per heavy atom. The van der Waals surface area contributed by atoms with Gasteiger partial charge in [0, 0.05) is 48.3 Å². The van der Waals surface area contributed by atoms with Crippen LogP contribution >= 0.6 is 0 Å². The van der Waals surface area contributed by atoms with Gasteiger partial charge in [-0.15, -0.1) is 0 Å². The molecule has 0 bridgehead atoms. The minimum atomic E-state index is 0.0583. The van der Waals surface area contributed by atoms with Gasteiger partial charge in [-0.2, -0.15) is 0 Å². The Morgan fingerprint density at radius 3 is 2.58 bits per heavy atom. The number of amides is 1. The number of benzene rings is 2. The van der Waals surface area contributed by atoms with Gasteiger partial charge in [-0.3, -0.25) is 9.69 Å². The Hall–Kier alpha value is -2.37. The van der Waals surface area contributed by atoms with E-state index in [2.05, 4.69) is 34.1 Å². The fourth-order valence-electron chi connectivity index (χ4n) is 6.01. The molecule has 1 saturated heterocycles. The first-order valence-electron chi connectivity index (χ1n) is 11.6. The van der Waals surface area contributed by atoms with Gasteiger partial charge in [0.2, 0.25) is 5.91 Å². The maximum absolute atomic E-state index is 13.5. The molecule has 0 spiro atoms. The number of likely N-dealkylation sites (tertiary alicyclic amines) is 1. The van der Waals surface area contributed by atoms with Crippen molar-refractivity contribution in [3.8, 4) is 5.75 Å². The quantitative estimate of drug-likeness (QED) is 0.796. The van der Waals surface area contributed by atoms with Crippen molar-refractivity contribution in [2.45, 2.75) is 56.7 Å². The Balaban J connectivity index is 1.45. The predicted molar refractivity (Wildman–Crippen MR) is 121 cm³/mol. The lowest BCUT2D eigenvalue weighted by Crippen LogP contribution is -2.69. The number of nitrogens with zero attached hydrogens (tertiary/aromatic N) is 2. The lowest BCUT2D eigenvalue weighted by molar-refractivity contribution is -0.124. The number of para-hydroxylation sites is 2. The molecule has 2 heterocycles. The second kappa shape index (κ2) is 8.64. The molecule has 0 radical (unpaired) electrons. The molecule has 5 rings (SSSR count). The smallest absolute Gasteiger partial charge is 0.230 e. The van der Waals surface area contributed by atoms with Gasteiger partial charge in [-0.05, 0) is 30.5 Å². The van der Waals surface area contributed by atoms with Crippen molar-refractivity contribution < 1.29 is 14.6 Å². The zero-order chi connectivity index (χ0) is 21.4. The van der Waals surface area contributed by atoms with E-state index in [4.69, 9.17) is 4.74 Å². The Bertz CT molecular complexity index is 940. The van der Waals surface area contributed by atoms with E-state index in [0.717, 1.165) is 42.7 Å². The third-order valence-electron chi connectivity index (χ3n) is 7.59. The fourth-order valence-corrected chi connectivity index (χ4v) is 6.01. The summed E-state index contributed by atoms with van der Waals surface area (Å²) < 4.78 is 5.56. The van der Waals surface area contributed by atoms with E-state index in [-0.39, 0.29) is 36.4 Å². The van der Waals surface area contributed by atoms with Crippen molar-refractivity contribution in [1.82, 2.24) is 4.90 Å². The van der Waals surface area contributed by atoms with Gasteiger partial charge in [0.1, 0.15) is 5.75 Å².